The highest BCUT2D eigenvalue weighted by atomic mass is 16.6. The lowest BCUT2D eigenvalue weighted by Gasteiger charge is -2.08. The SMILES string of the molecule is COc1cc(CNc2ccc([N+](=O)[O-])cc2C#N)ccn1. The number of nitrogens with one attached hydrogen (secondary N) is 1. The molecule has 7 heteroatoms. The molecule has 0 unspecified atom stereocenters. The van der Waals surface area contributed by atoms with Gasteiger partial charge in [0, 0.05) is 30.9 Å². The van der Waals surface area contributed by atoms with Crippen LogP contribution in [-0.4, -0.2) is 17.0 Å². The van der Waals surface area contributed by atoms with E-state index in [0.717, 1.165) is 5.56 Å². The van der Waals surface area contributed by atoms with Crippen LogP contribution >= 0.6 is 0 Å². The van der Waals surface area contributed by atoms with Gasteiger partial charge in [-0.05, 0) is 17.7 Å². The van der Waals surface area contributed by atoms with Crippen LogP contribution in [0.15, 0.2) is 36.5 Å². The summed E-state index contributed by atoms with van der Waals surface area (Å²) in [4.78, 5) is 14.2. The minimum Gasteiger partial charge on any atom is -0.481 e. The van der Waals surface area contributed by atoms with Crippen molar-refractivity contribution in [2.24, 2.45) is 0 Å². The van der Waals surface area contributed by atoms with E-state index in [1.54, 1.807) is 12.3 Å². The number of nitro benzene ring substituents is 1. The summed E-state index contributed by atoms with van der Waals surface area (Å²) in [5, 5.41) is 22.8. The maximum atomic E-state index is 10.7. The molecule has 1 N–H and O–H groups in total. The Labute approximate surface area is 121 Å². The first-order valence-corrected chi connectivity index (χ1v) is 6.05. The number of benzene rings is 1. The van der Waals surface area contributed by atoms with Crippen LogP contribution in [0.25, 0.3) is 0 Å². The summed E-state index contributed by atoms with van der Waals surface area (Å²) in [6.45, 7) is 0.450. The molecule has 2 aromatic rings. The highest BCUT2D eigenvalue weighted by molar-refractivity contribution is 5.61. The number of rotatable bonds is 5. The van der Waals surface area contributed by atoms with E-state index in [1.165, 1.54) is 25.3 Å². The molecule has 106 valence electrons. The molecule has 21 heavy (non-hydrogen) atoms. The van der Waals surface area contributed by atoms with Crippen molar-refractivity contribution in [3.8, 4) is 11.9 Å². The van der Waals surface area contributed by atoms with Gasteiger partial charge >= 0.3 is 0 Å². The first-order valence-electron chi connectivity index (χ1n) is 6.05. The topological polar surface area (TPSA) is 101 Å². The van der Waals surface area contributed by atoms with Crippen molar-refractivity contribution < 1.29 is 9.66 Å². The summed E-state index contributed by atoms with van der Waals surface area (Å²) in [6, 6.07) is 9.65. The van der Waals surface area contributed by atoms with Gasteiger partial charge in [0.05, 0.1) is 23.3 Å². The van der Waals surface area contributed by atoms with E-state index in [9.17, 15) is 10.1 Å². The maximum Gasteiger partial charge on any atom is 0.270 e. The lowest BCUT2D eigenvalue weighted by molar-refractivity contribution is -0.384. The van der Waals surface area contributed by atoms with Crippen LogP contribution in [0.5, 0.6) is 5.88 Å². The number of nitro groups is 1. The molecule has 0 amide bonds. The van der Waals surface area contributed by atoms with E-state index in [2.05, 4.69) is 10.3 Å². The molecule has 0 spiro atoms. The normalized spacial score (nSPS) is 9.71. The molecule has 1 heterocycles. The van der Waals surface area contributed by atoms with Crippen molar-refractivity contribution in [1.82, 2.24) is 4.98 Å². The van der Waals surface area contributed by atoms with Gasteiger partial charge in [0.15, 0.2) is 0 Å². The van der Waals surface area contributed by atoms with Crippen molar-refractivity contribution in [3.05, 3.63) is 57.8 Å². The van der Waals surface area contributed by atoms with Gasteiger partial charge < -0.3 is 10.1 Å². The van der Waals surface area contributed by atoms with E-state index in [-0.39, 0.29) is 11.3 Å². The molecule has 0 aliphatic rings. The number of hydrogen-bond donors (Lipinski definition) is 1. The van der Waals surface area contributed by atoms with Crippen molar-refractivity contribution in [3.63, 3.8) is 0 Å². The smallest absolute Gasteiger partial charge is 0.270 e. The summed E-state index contributed by atoms with van der Waals surface area (Å²) in [5.41, 5.74) is 1.58. The number of nitriles is 1. The second kappa shape index (κ2) is 6.34. The van der Waals surface area contributed by atoms with Crippen molar-refractivity contribution in [2.75, 3.05) is 12.4 Å². The Balaban J connectivity index is 2.16. The van der Waals surface area contributed by atoms with Gasteiger partial charge in [0.2, 0.25) is 5.88 Å². The number of anilines is 1. The monoisotopic (exact) mass is 284 g/mol. The molecule has 0 aliphatic heterocycles. The molecule has 0 aliphatic carbocycles. The zero-order valence-corrected chi connectivity index (χ0v) is 11.2. The van der Waals surface area contributed by atoms with Crippen LogP contribution in [0.4, 0.5) is 11.4 Å². The molecule has 2 rings (SSSR count). The quantitative estimate of drug-likeness (QED) is 0.668. The van der Waals surface area contributed by atoms with Gasteiger partial charge in [-0.15, -0.1) is 0 Å². The van der Waals surface area contributed by atoms with Crippen LogP contribution in [0, 0.1) is 21.4 Å². The van der Waals surface area contributed by atoms with E-state index in [1.807, 2.05) is 12.1 Å². The molecular formula is C14H12N4O3. The van der Waals surface area contributed by atoms with Gasteiger partial charge in [0.1, 0.15) is 6.07 Å². The van der Waals surface area contributed by atoms with E-state index < -0.39 is 4.92 Å². The van der Waals surface area contributed by atoms with E-state index >= 15 is 0 Å². The minimum absolute atomic E-state index is 0.109. The molecule has 0 atom stereocenters. The number of pyridine rings is 1. The fraction of sp³-hybridized carbons (Fsp3) is 0.143. The van der Waals surface area contributed by atoms with Crippen molar-refractivity contribution in [2.45, 2.75) is 6.54 Å². The summed E-state index contributed by atoms with van der Waals surface area (Å²) in [6.07, 6.45) is 1.62. The fourth-order valence-corrected chi connectivity index (χ4v) is 1.76. The van der Waals surface area contributed by atoms with Crippen LogP contribution in [-0.2, 0) is 6.54 Å². The summed E-state index contributed by atoms with van der Waals surface area (Å²) >= 11 is 0. The minimum atomic E-state index is -0.529. The molecule has 1 aromatic carbocycles. The zero-order chi connectivity index (χ0) is 15.2. The molecule has 0 radical (unpaired) electrons. The van der Waals surface area contributed by atoms with Gasteiger partial charge in [-0.2, -0.15) is 5.26 Å². The number of ether oxygens (including phenoxy) is 1. The average Bonchev–Trinajstić information content (AvgIpc) is 2.52. The highest BCUT2D eigenvalue weighted by Crippen LogP contribution is 2.22. The molecule has 0 saturated heterocycles. The summed E-state index contributed by atoms with van der Waals surface area (Å²) in [5.74, 6) is 0.499. The fourth-order valence-electron chi connectivity index (χ4n) is 1.76. The number of aromatic nitrogens is 1. The molecule has 7 nitrogen and oxygen atoms in total. The third-order valence-corrected chi connectivity index (χ3v) is 2.83. The van der Waals surface area contributed by atoms with E-state index in [0.29, 0.717) is 18.1 Å². The Kier molecular flexibility index (Phi) is 4.31. The first-order chi connectivity index (χ1) is 10.1. The second-order valence-electron chi connectivity index (χ2n) is 4.16. The number of non-ortho nitro benzene ring substituents is 1. The molecule has 0 saturated carbocycles. The van der Waals surface area contributed by atoms with Crippen molar-refractivity contribution >= 4 is 11.4 Å². The predicted molar refractivity (Wildman–Crippen MR) is 75.9 cm³/mol. The summed E-state index contributed by atoms with van der Waals surface area (Å²) < 4.78 is 5.03. The Hall–Kier alpha value is -3.14. The molecule has 0 bridgehead atoms. The first kappa shape index (κ1) is 14.3. The third-order valence-electron chi connectivity index (χ3n) is 2.83. The predicted octanol–water partition coefficient (Wildman–Crippen LogP) is 2.48. The second-order valence-corrected chi connectivity index (χ2v) is 4.16. The number of methoxy groups -OCH3 is 1. The van der Waals surface area contributed by atoms with Gasteiger partial charge in [0.25, 0.3) is 5.69 Å². The highest BCUT2D eigenvalue weighted by Gasteiger charge is 2.10. The van der Waals surface area contributed by atoms with Crippen LogP contribution in [0.1, 0.15) is 11.1 Å². The van der Waals surface area contributed by atoms with Crippen LogP contribution < -0.4 is 10.1 Å². The molecular weight excluding hydrogens is 272 g/mol. The molecule has 1 aromatic heterocycles. The largest absolute Gasteiger partial charge is 0.481 e. The number of nitrogens with zero attached hydrogens (tertiary/aromatic N) is 3. The Morgan fingerprint density at radius 2 is 2.24 bits per heavy atom. The summed E-state index contributed by atoms with van der Waals surface area (Å²) in [7, 11) is 1.53. The average molecular weight is 284 g/mol. The Bertz CT molecular complexity index is 710. The Morgan fingerprint density at radius 3 is 2.90 bits per heavy atom. The standard InChI is InChI=1S/C14H12N4O3/c1-21-14-6-10(4-5-16-14)9-17-13-3-2-12(18(19)20)7-11(13)8-15/h2-7,17H,9H2,1H3. The van der Waals surface area contributed by atoms with Crippen LogP contribution in [0.2, 0.25) is 0 Å². The number of hydrogen-bond acceptors (Lipinski definition) is 6. The third kappa shape index (κ3) is 3.45. The van der Waals surface area contributed by atoms with Crippen molar-refractivity contribution in [1.29, 1.82) is 5.26 Å². The van der Waals surface area contributed by atoms with Gasteiger partial charge in [-0.3, -0.25) is 10.1 Å². The van der Waals surface area contributed by atoms with Crippen LogP contribution in [0.3, 0.4) is 0 Å². The molecule has 0 fully saturated rings. The van der Waals surface area contributed by atoms with E-state index in [4.69, 9.17) is 10.00 Å². The van der Waals surface area contributed by atoms with Gasteiger partial charge in [-0.25, -0.2) is 4.98 Å². The zero-order valence-electron chi connectivity index (χ0n) is 11.2. The Morgan fingerprint density at radius 1 is 1.43 bits per heavy atom. The maximum absolute atomic E-state index is 10.7. The van der Waals surface area contributed by atoms with Gasteiger partial charge in [-0.1, -0.05) is 0 Å². The lowest BCUT2D eigenvalue weighted by Crippen LogP contribution is -2.02. The lowest BCUT2D eigenvalue weighted by atomic mass is 10.1.